The SMILES string of the molecule is O=C(O)N(CCCCCCN(CC(F)(F)F)C(=O)O)CC(F)(F)F. The van der Waals surface area contributed by atoms with Crippen molar-refractivity contribution in [2.24, 2.45) is 0 Å². The van der Waals surface area contributed by atoms with Crippen LogP contribution in [0, 0.1) is 0 Å². The van der Waals surface area contributed by atoms with Gasteiger partial charge in [0, 0.05) is 13.1 Å². The van der Waals surface area contributed by atoms with E-state index in [2.05, 4.69) is 0 Å². The lowest BCUT2D eigenvalue weighted by Gasteiger charge is -2.21. The van der Waals surface area contributed by atoms with E-state index in [0.717, 1.165) is 0 Å². The summed E-state index contributed by atoms with van der Waals surface area (Å²) >= 11 is 0. The van der Waals surface area contributed by atoms with E-state index in [4.69, 9.17) is 10.2 Å². The fourth-order valence-electron chi connectivity index (χ4n) is 1.88. The van der Waals surface area contributed by atoms with Crippen LogP contribution in [-0.2, 0) is 0 Å². The zero-order chi connectivity index (χ0) is 19.0. The smallest absolute Gasteiger partial charge is 0.407 e. The fraction of sp³-hybridized carbons (Fsp3) is 0.833. The van der Waals surface area contributed by atoms with Crippen LogP contribution in [0.4, 0.5) is 35.9 Å². The monoisotopic (exact) mass is 368 g/mol. The molecule has 0 atom stereocenters. The molecule has 12 heteroatoms. The number of hydrogen-bond acceptors (Lipinski definition) is 2. The summed E-state index contributed by atoms with van der Waals surface area (Å²) < 4.78 is 72.8. The molecule has 0 spiro atoms. The third-order valence-corrected chi connectivity index (χ3v) is 2.89. The first kappa shape index (κ1) is 22.1. The number of alkyl halides is 6. The average Bonchev–Trinajstić information content (AvgIpc) is 2.36. The second kappa shape index (κ2) is 9.42. The Morgan fingerprint density at radius 3 is 1.17 bits per heavy atom. The molecule has 0 aliphatic carbocycles. The number of nitrogens with zero attached hydrogens (tertiary/aromatic N) is 2. The zero-order valence-corrected chi connectivity index (χ0v) is 12.5. The van der Waals surface area contributed by atoms with Crippen LogP contribution >= 0.6 is 0 Å². The molecule has 0 aliphatic rings. The van der Waals surface area contributed by atoms with Gasteiger partial charge in [0.15, 0.2) is 0 Å². The molecule has 0 aromatic rings. The Morgan fingerprint density at radius 1 is 0.667 bits per heavy atom. The molecule has 0 fully saturated rings. The van der Waals surface area contributed by atoms with Crippen LogP contribution in [0.2, 0.25) is 0 Å². The molecule has 6 nitrogen and oxygen atoms in total. The molecule has 2 N–H and O–H groups in total. The molecule has 2 amide bonds. The summed E-state index contributed by atoms with van der Waals surface area (Å²) in [5.74, 6) is 0. The summed E-state index contributed by atoms with van der Waals surface area (Å²) in [6.07, 6.45) is -12.0. The molecule has 0 unspecified atom stereocenters. The molecule has 0 bridgehead atoms. The Labute approximate surface area is 133 Å². The second-order valence-electron chi connectivity index (χ2n) is 5.05. The second-order valence-corrected chi connectivity index (χ2v) is 5.05. The first-order valence-corrected chi connectivity index (χ1v) is 6.91. The molecule has 0 aromatic carbocycles. The van der Waals surface area contributed by atoms with Gasteiger partial charge in [-0.25, -0.2) is 9.59 Å². The molecule has 0 heterocycles. The van der Waals surface area contributed by atoms with Crippen LogP contribution in [0.15, 0.2) is 0 Å². The van der Waals surface area contributed by atoms with Crippen LogP contribution in [0.25, 0.3) is 0 Å². The molecule has 0 radical (unpaired) electrons. The fourth-order valence-corrected chi connectivity index (χ4v) is 1.88. The van der Waals surface area contributed by atoms with Gasteiger partial charge in [-0.2, -0.15) is 26.3 Å². The van der Waals surface area contributed by atoms with Crippen molar-refractivity contribution in [3.05, 3.63) is 0 Å². The van der Waals surface area contributed by atoms with Crippen molar-refractivity contribution in [3.8, 4) is 0 Å². The molecule has 0 saturated heterocycles. The average molecular weight is 368 g/mol. The normalized spacial score (nSPS) is 12.1. The molecule has 0 aliphatic heterocycles. The van der Waals surface area contributed by atoms with Crippen molar-refractivity contribution < 1.29 is 46.1 Å². The molecule has 0 saturated carbocycles. The van der Waals surface area contributed by atoms with Crippen LogP contribution < -0.4 is 0 Å². The van der Waals surface area contributed by atoms with Gasteiger partial charge < -0.3 is 10.2 Å². The quantitative estimate of drug-likeness (QED) is 0.481. The standard InChI is InChI=1S/C12H18F6N2O4/c13-11(14,15)7-19(9(21)22)5-3-1-2-4-6-20(10(23)24)8-12(16,17)18/h1-8H2,(H,21,22)(H,23,24). The van der Waals surface area contributed by atoms with Crippen molar-refractivity contribution in [3.63, 3.8) is 0 Å². The van der Waals surface area contributed by atoms with E-state index in [1.54, 1.807) is 0 Å². The highest BCUT2D eigenvalue weighted by Crippen LogP contribution is 2.18. The van der Waals surface area contributed by atoms with Gasteiger partial charge in [-0.1, -0.05) is 12.8 Å². The van der Waals surface area contributed by atoms with Crippen molar-refractivity contribution in [1.82, 2.24) is 9.80 Å². The maximum absolute atomic E-state index is 12.1. The summed E-state index contributed by atoms with van der Waals surface area (Å²) in [6, 6.07) is 0. The molecule has 0 aromatic heterocycles. The van der Waals surface area contributed by atoms with E-state index in [-0.39, 0.29) is 48.6 Å². The highest BCUT2D eigenvalue weighted by Gasteiger charge is 2.33. The Hall–Kier alpha value is -1.88. The van der Waals surface area contributed by atoms with Crippen LogP contribution in [0.3, 0.4) is 0 Å². The number of unbranched alkanes of at least 4 members (excludes halogenated alkanes) is 3. The number of amides is 2. The van der Waals surface area contributed by atoms with Gasteiger partial charge in [0.2, 0.25) is 0 Å². The largest absolute Gasteiger partial charge is 0.465 e. The lowest BCUT2D eigenvalue weighted by Crippen LogP contribution is -2.39. The lowest BCUT2D eigenvalue weighted by molar-refractivity contribution is -0.142. The first-order valence-electron chi connectivity index (χ1n) is 6.91. The van der Waals surface area contributed by atoms with E-state index in [0.29, 0.717) is 0 Å². The van der Waals surface area contributed by atoms with E-state index < -0.39 is 37.6 Å². The first-order chi connectivity index (χ1) is 10.8. The van der Waals surface area contributed by atoms with Gasteiger partial charge in [-0.15, -0.1) is 0 Å². The Kier molecular flexibility index (Phi) is 8.69. The number of halogens is 6. The van der Waals surface area contributed by atoms with Gasteiger partial charge >= 0.3 is 24.5 Å². The number of carboxylic acid groups (broad SMARTS) is 2. The summed E-state index contributed by atoms with van der Waals surface area (Å²) in [5, 5.41) is 17.3. The Bertz CT molecular complexity index is 375. The topological polar surface area (TPSA) is 81.1 Å². The van der Waals surface area contributed by atoms with Gasteiger partial charge in [0.25, 0.3) is 0 Å². The van der Waals surface area contributed by atoms with Crippen molar-refractivity contribution >= 4 is 12.2 Å². The van der Waals surface area contributed by atoms with Crippen LogP contribution in [-0.4, -0.2) is 70.7 Å². The number of rotatable bonds is 9. The third kappa shape index (κ3) is 11.7. The van der Waals surface area contributed by atoms with Crippen molar-refractivity contribution in [1.29, 1.82) is 0 Å². The summed E-state index contributed by atoms with van der Waals surface area (Å²) in [7, 11) is 0. The molecular weight excluding hydrogens is 350 g/mol. The third-order valence-electron chi connectivity index (χ3n) is 2.89. The summed E-state index contributed by atoms with van der Waals surface area (Å²) in [4.78, 5) is 21.7. The highest BCUT2D eigenvalue weighted by molar-refractivity contribution is 5.65. The molecular formula is C12H18F6N2O4. The van der Waals surface area contributed by atoms with E-state index in [1.165, 1.54) is 0 Å². The predicted octanol–water partition coefficient (Wildman–Crippen LogP) is 3.63. The van der Waals surface area contributed by atoms with E-state index >= 15 is 0 Å². The zero-order valence-electron chi connectivity index (χ0n) is 12.5. The van der Waals surface area contributed by atoms with E-state index in [9.17, 15) is 35.9 Å². The maximum Gasteiger partial charge on any atom is 0.407 e. The van der Waals surface area contributed by atoms with Crippen LogP contribution in [0.1, 0.15) is 25.7 Å². The summed E-state index contributed by atoms with van der Waals surface area (Å²) in [5.41, 5.74) is 0. The molecule has 142 valence electrons. The molecule has 0 rings (SSSR count). The Balaban J connectivity index is 4.07. The van der Waals surface area contributed by atoms with E-state index in [1.807, 2.05) is 0 Å². The minimum atomic E-state index is -4.65. The van der Waals surface area contributed by atoms with Gasteiger partial charge in [0.1, 0.15) is 13.1 Å². The van der Waals surface area contributed by atoms with Crippen molar-refractivity contribution in [2.45, 2.75) is 38.0 Å². The van der Waals surface area contributed by atoms with Crippen LogP contribution in [0.5, 0.6) is 0 Å². The van der Waals surface area contributed by atoms with Gasteiger partial charge in [0.05, 0.1) is 0 Å². The highest BCUT2D eigenvalue weighted by atomic mass is 19.4. The Morgan fingerprint density at radius 2 is 0.958 bits per heavy atom. The van der Waals surface area contributed by atoms with Gasteiger partial charge in [-0.05, 0) is 12.8 Å². The molecule has 24 heavy (non-hydrogen) atoms. The number of hydrogen-bond donors (Lipinski definition) is 2. The minimum Gasteiger partial charge on any atom is -0.465 e. The minimum absolute atomic E-state index is 0.0920. The lowest BCUT2D eigenvalue weighted by atomic mass is 10.2. The number of carbonyl (C=O) groups is 2. The predicted molar refractivity (Wildman–Crippen MR) is 69.8 cm³/mol. The maximum atomic E-state index is 12.1. The summed E-state index contributed by atoms with van der Waals surface area (Å²) in [6.45, 7) is -3.92. The van der Waals surface area contributed by atoms with Crippen molar-refractivity contribution in [2.75, 3.05) is 26.2 Å². The van der Waals surface area contributed by atoms with Gasteiger partial charge in [-0.3, -0.25) is 9.80 Å².